The molecule has 1 aromatic carbocycles. The summed E-state index contributed by atoms with van der Waals surface area (Å²) in [4.78, 5) is 41.0. The molecule has 0 aromatic heterocycles. The molecule has 8 heteroatoms. The average molecular weight is 433 g/mol. The monoisotopic (exact) mass is 432 g/mol. The number of nitrogens with one attached hydrogen (secondary N) is 2. The van der Waals surface area contributed by atoms with Crippen molar-refractivity contribution in [1.82, 2.24) is 15.1 Å². The average Bonchev–Trinajstić information content (AvgIpc) is 2.96. The van der Waals surface area contributed by atoms with Crippen LogP contribution in [0.1, 0.15) is 44.5 Å². The summed E-state index contributed by atoms with van der Waals surface area (Å²) in [5.74, 6) is 0.261. The fourth-order valence-electron chi connectivity index (χ4n) is 3.22. The Labute approximate surface area is 185 Å². The topological polar surface area (TPSA) is 91.0 Å². The van der Waals surface area contributed by atoms with Crippen molar-refractivity contribution in [3.8, 4) is 0 Å². The van der Waals surface area contributed by atoms with E-state index >= 15 is 0 Å². The number of amides is 3. The molecule has 1 aliphatic heterocycles. The van der Waals surface area contributed by atoms with Crippen LogP contribution in [0.25, 0.3) is 0 Å². The van der Waals surface area contributed by atoms with Crippen LogP contribution < -0.4 is 10.6 Å². The molecular weight excluding hydrogens is 396 g/mol. The zero-order valence-corrected chi connectivity index (χ0v) is 19.1. The number of rotatable bonds is 8. The Hall–Kier alpha value is -2.61. The van der Waals surface area contributed by atoms with E-state index in [1.165, 1.54) is 0 Å². The van der Waals surface area contributed by atoms with Gasteiger partial charge in [0.2, 0.25) is 5.91 Å². The van der Waals surface area contributed by atoms with Crippen LogP contribution >= 0.6 is 0 Å². The Morgan fingerprint density at radius 2 is 1.74 bits per heavy atom. The van der Waals surface area contributed by atoms with Gasteiger partial charge in [0.25, 0.3) is 5.91 Å². The Morgan fingerprint density at radius 3 is 2.45 bits per heavy atom. The van der Waals surface area contributed by atoms with Gasteiger partial charge in [-0.15, -0.1) is 0 Å². The number of ether oxygens (including phenoxy) is 1. The van der Waals surface area contributed by atoms with E-state index in [4.69, 9.17) is 4.74 Å². The fraction of sp³-hybridized carbons (Fsp3) is 0.609. The van der Waals surface area contributed by atoms with Crippen LogP contribution in [0.3, 0.4) is 0 Å². The molecule has 8 nitrogen and oxygen atoms in total. The molecule has 0 bridgehead atoms. The van der Waals surface area contributed by atoms with E-state index in [2.05, 4.69) is 10.6 Å². The summed E-state index contributed by atoms with van der Waals surface area (Å²) < 4.78 is 5.32. The summed E-state index contributed by atoms with van der Waals surface area (Å²) in [5.41, 5.74) is 0.953. The predicted molar refractivity (Wildman–Crippen MR) is 121 cm³/mol. The fourth-order valence-corrected chi connectivity index (χ4v) is 3.22. The van der Waals surface area contributed by atoms with Crippen molar-refractivity contribution in [2.24, 2.45) is 11.8 Å². The zero-order valence-electron chi connectivity index (χ0n) is 19.1. The van der Waals surface area contributed by atoms with Gasteiger partial charge in [-0.2, -0.15) is 0 Å². The van der Waals surface area contributed by atoms with E-state index in [0.29, 0.717) is 55.9 Å². The maximum atomic E-state index is 12.6. The molecule has 0 aliphatic carbocycles. The van der Waals surface area contributed by atoms with E-state index in [1.54, 1.807) is 29.2 Å². The highest BCUT2D eigenvalue weighted by atomic mass is 16.6. The number of anilines is 1. The molecule has 2 rings (SSSR count). The third-order valence-corrected chi connectivity index (χ3v) is 4.87. The van der Waals surface area contributed by atoms with Crippen LogP contribution in [0.15, 0.2) is 24.3 Å². The second-order valence-electron chi connectivity index (χ2n) is 8.79. The third-order valence-electron chi connectivity index (χ3n) is 4.87. The molecule has 3 amide bonds. The van der Waals surface area contributed by atoms with Crippen molar-refractivity contribution >= 4 is 23.6 Å². The second kappa shape index (κ2) is 12.3. The summed E-state index contributed by atoms with van der Waals surface area (Å²) in [6.45, 7) is 11.7. The highest BCUT2D eigenvalue weighted by Crippen LogP contribution is 2.15. The Kier molecular flexibility index (Phi) is 9.78. The summed E-state index contributed by atoms with van der Waals surface area (Å²) in [5, 5.41) is 5.75. The van der Waals surface area contributed by atoms with Crippen molar-refractivity contribution in [3.63, 3.8) is 0 Å². The van der Waals surface area contributed by atoms with Crippen molar-refractivity contribution in [1.29, 1.82) is 0 Å². The van der Waals surface area contributed by atoms with Gasteiger partial charge in [-0.3, -0.25) is 14.5 Å². The summed E-state index contributed by atoms with van der Waals surface area (Å²) in [6, 6.07) is 7.01. The number of carbonyl (C=O) groups excluding carboxylic acids is 3. The first-order valence-electron chi connectivity index (χ1n) is 11.1. The molecule has 1 fully saturated rings. The predicted octanol–water partition coefficient (Wildman–Crippen LogP) is 2.81. The standard InChI is InChI=1S/C23H36N4O4/c1-17(2)14-24-22(29)19-8-5-6-9-20(19)25-21(28)15-26-10-7-11-27(13-12-26)23(30)31-16-18(3)4/h5-6,8-9,17-18H,7,10-16H2,1-4H3,(H,24,29)(H,25,28). The van der Waals surface area contributed by atoms with E-state index in [-0.39, 0.29) is 24.5 Å². The molecule has 1 saturated heterocycles. The molecule has 1 heterocycles. The first-order chi connectivity index (χ1) is 14.8. The van der Waals surface area contributed by atoms with Gasteiger partial charge in [0.05, 0.1) is 24.4 Å². The van der Waals surface area contributed by atoms with Crippen LogP contribution in [-0.2, 0) is 9.53 Å². The second-order valence-corrected chi connectivity index (χ2v) is 8.79. The minimum absolute atomic E-state index is 0.181. The van der Waals surface area contributed by atoms with Gasteiger partial charge in [-0.05, 0) is 30.4 Å². The van der Waals surface area contributed by atoms with Gasteiger partial charge in [0, 0.05) is 32.7 Å². The Balaban J connectivity index is 1.88. The summed E-state index contributed by atoms with van der Waals surface area (Å²) in [6.07, 6.45) is 0.486. The van der Waals surface area contributed by atoms with Crippen LogP contribution in [0.5, 0.6) is 0 Å². The molecular formula is C23H36N4O4. The van der Waals surface area contributed by atoms with Gasteiger partial charge in [0.1, 0.15) is 0 Å². The van der Waals surface area contributed by atoms with Crippen molar-refractivity contribution in [2.75, 3.05) is 51.2 Å². The maximum absolute atomic E-state index is 12.6. The SMILES string of the molecule is CC(C)CNC(=O)c1ccccc1NC(=O)CN1CCCN(C(=O)OCC(C)C)CC1. The van der Waals surface area contributed by atoms with Gasteiger partial charge < -0.3 is 20.3 Å². The van der Waals surface area contributed by atoms with E-state index < -0.39 is 0 Å². The summed E-state index contributed by atoms with van der Waals surface area (Å²) in [7, 11) is 0. The van der Waals surface area contributed by atoms with Gasteiger partial charge in [-0.1, -0.05) is 39.8 Å². The Bertz CT molecular complexity index is 751. The van der Waals surface area contributed by atoms with E-state index in [1.807, 2.05) is 32.6 Å². The van der Waals surface area contributed by atoms with Crippen molar-refractivity contribution < 1.29 is 19.1 Å². The van der Waals surface area contributed by atoms with Crippen LogP contribution in [0.2, 0.25) is 0 Å². The smallest absolute Gasteiger partial charge is 0.409 e. The van der Waals surface area contributed by atoms with Gasteiger partial charge >= 0.3 is 6.09 Å². The molecule has 31 heavy (non-hydrogen) atoms. The molecule has 0 saturated carbocycles. The Morgan fingerprint density at radius 1 is 1.00 bits per heavy atom. The lowest BCUT2D eigenvalue weighted by Crippen LogP contribution is -2.38. The molecule has 0 radical (unpaired) electrons. The number of benzene rings is 1. The summed E-state index contributed by atoms with van der Waals surface area (Å²) >= 11 is 0. The van der Waals surface area contributed by atoms with Crippen molar-refractivity contribution in [3.05, 3.63) is 29.8 Å². The third kappa shape index (κ3) is 8.57. The van der Waals surface area contributed by atoms with Gasteiger partial charge in [-0.25, -0.2) is 4.79 Å². The van der Waals surface area contributed by atoms with E-state index in [0.717, 1.165) is 13.0 Å². The largest absolute Gasteiger partial charge is 0.449 e. The quantitative estimate of drug-likeness (QED) is 0.659. The first-order valence-corrected chi connectivity index (χ1v) is 11.1. The molecule has 0 unspecified atom stereocenters. The number of nitrogens with zero attached hydrogens (tertiary/aromatic N) is 2. The normalized spacial score (nSPS) is 15.0. The minimum atomic E-state index is -0.290. The van der Waals surface area contributed by atoms with E-state index in [9.17, 15) is 14.4 Å². The first kappa shape index (κ1) is 24.7. The lowest BCUT2D eigenvalue weighted by molar-refractivity contribution is -0.117. The molecule has 172 valence electrons. The van der Waals surface area contributed by atoms with Crippen molar-refractivity contribution in [2.45, 2.75) is 34.1 Å². The molecule has 0 spiro atoms. The van der Waals surface area contributed by atoms with Crippen LogP contribution in [-0.4, -0.2) is 73.6 Å². The van der Waals surface area contributed by atoms with Gasteiger partial charge in [0.15, 0.2) is 0 Å². The van der Waals surface area contributed by atoms with Crippen LogP contribution in [0, 0.1) is 11.8 Å². The molecule has 2 N–H and O–H groups in total. The minimum Gasteiger partial charge on any atom is -0.449 e. The maximum Gasteiger partial charge on any atom is 0.409 e. The number of carbonyl (C=O) groups is 3. The number of hydrogen-bond acceptors (Lipinski definition) is 5. The molecule has 1 aromatic rings. The number of hydrogen-bond donors (Lipinski definition) is 2. The highest BCUT2D eigenvalue weighted by Gasteiger charge is 2.22. The highest BCUT2D eigenvalue weighted by molar-refractivity contribution is 6.04. The lowest BCUT2D eigenvalue weighted by atomic mass is 10.1. The molecule has 1 aliphatic rings. The number of para-hydroxylation sites is 1. The lowest BCUT2D eigenvalue weighted by Gasteiger charge is -2.22. The molecule has 0 atom stereocenters. The zero-order chi connectivity index (χ0) is 22.8. The van der Waals surface area contributed by atoms with Crippen LogP contribution in [0.4, 0.5) is 10.5 Å².